The third kappa shape index (κ3) is 4.62. The molecule has 1 heterocycles. The van der Waals surface area contributed by atoms with Crippen molar-refractivity contribution in [1.29, 1.82) is 0 Å². The Labute approximate surface area is 173 Å². The zero-order valence-corrected chi connectivity index (χ0v) is 17.6. The van der Waals surface area contributed by atoms with Gasteiger partial charge in [0.2, 0.25) is 0 Å². The third-order valence-corrected chi connectivity index (χ3v) is 7.40. The molecular weight excluding hydrogens is 368 g/mol. The first-order chi connectivity index (χ1) is 13.9. The lowest BCUT2D eigenvalue weighted by atomic mass is 9.76. The second-order valence-corrected chi connectivity index (χ2v) is 9.63. The summed E-state index contributed by atoms with van der Waals surface area (Å²) in [4.78, 5) is 0. The number of hydrogen-bond acceptors (Lipinski definition) is 5. The van der Waals surface area contributed by atoms with Crippen molar-refractivity contribution in [3.8, 4) is 0 Å². The molecule has 0 aromatic rings. The minimum Gasteiger partial charge on any atom is -0.597 e. The Morgan fingerprint density at radius 3 is 2.59 bits per heavy atom. The van der Waals surface area contributed by atoms with Gasteiger partial charge in [-0.2, -0.15) is 5.23 Å². The van der Waals surface area contributed by atoms with Gasteiger partial charge in [-0.25, -0.2) is 5.21 Å². The van der Waals surface area contributed by atoms with Gasteiger partial charge in [-0.3, -0.25) is 0 Å². The van der Waals surface area contributed by atoms with Crippen LogP contribution in [0.2, 0.25) is 0 Å². The first-order valence-corrected chi connectivity index (χ1v) is 11.3. The Balaban J connectivity index is 1.38. The summed E-state index contributed by atoms with van der Waals surface area (Å²) >= 11 is 0. The fourth-order valence-corrected chi connectivity index (χ4v) is 5.43. The zero-order valence-electron chi connectivity index (χ0n) is 17.6. The first kappa shape index (κ1) is 21.1. The van der Waals surface area contributed by atoms with Crippen LogP contribution in [-0.2, 0) is 4.74 Å². The molecule has 0 saturated heterocycles. The van der Waals surface area contributed by atoms with E-state index in [9.17, 15) is 15.5 Å². The number of hydrogen-bond donors (Lipinski definition) is 4. The van der Waals surface area contributed by atoms with Gasteiger partial charge in [-0.1, -0.05) is 43.9 Å². The maximum absolute atomic E-state index is 11.4. The summed E-state index contributed by atoms with van der Waals surface area (Å²) in [5.41, 5.74) is 0.248. The van der Waals surface area contributed by atoms with E-state index in [-0.39, 0.29) is 24.1 Å². The van der Waals surface area contributed by atoms with Crippen molar-refractivity contribution in [1.82, 2.24) is 5.32 Å². The van der Waals surface area contributed by atoms with Crippen LogP contribution >= 0.6 is 0 Å². The second-order valence-electron chi connectivity index (χ2n) is 9.63. The number of aliphatic hydroxyl groups is 1. The normalized spacial score (nSPS) is 38.2. The Hall–Kier alpha value is -1.18. The predicted octanol–water partition coefficient (Wildman–Crippen LogP) is 2.59. The number of quaternary nitrogens is 1. The van der Waals surface area contributed by atoms with Crippen LogP contribution in [0.15, 0.2) is 35.6 Å². The van der Waals surface area contributed by atoms with Crippen LogP contribution < -0.4 is 10.5 Å². The molecule has 0 aromatic heterocycles. The first-order valence-electron chi connectivity index (χ1n) is 11.3. The number of hydroxylamine groups is 2. The van der Waals surface area contributed by atoms with Crippen LogP contribution in [0, 0.1) is 23.0 Å². The molecule has 29 heavy (non-hydrogen) atoms. The topological polar surface area (TPSA) is 89.2 Å². The molecule has 0 amide bonds. The Morgan fingerprint density at radius 1 is 1.24 bits per heavy atom. The van der Waals surface area contributed by atoms with Gasteiger partial charge in [0.05, 0.1) is 18.9 Å². The molecule has 162 valence electrons. The molecule has 0 bridgehead atoms. The number of ether oxygens (including phenoxy) is 1. The van der Waals surface area contributed by atoms with E-state index in [0.717, 1.165) is 6.42 Å². The molecule has 6 heteroatoms. The number of aliphatic hydroxyl groups excluding tert-OH is 1. The van der Waals surface area contributed by atoms with Crippen LogP contribution in [0.5, 0.6) is 0 Å². The maximum atomic E-state index is 11.4. The molecule has 2 fully saturated rings. The Bertz CT molecular complexity index is 676. The fourth-order valence-electron chi connectivity index (χ4n) is 5.43. The van der Waals surface area contributed by atoms with Crippen LogP contribution in [-0.4, -0.2) is 34.2 Å². The van der Waals surface area contributed by atoms with E-state index in [1.807, 2.05) is 12.2 Å². The van der Waals surface area contributed by atoms with E-state index in [2.05, 4.69) is 31.3 Å². The summed E-state index contributed by atoms with van der Waals surface area (Å²) in [5.74, 6) is 1.94. The zero-order chi connectivity index (χ0) is 20.6. The molecule has 4 rings (SSSR count). The summed E-state index contributed by atoms with van der Waals surface area (Å²) in [5, 5.41) is 34.2. The van der Waals surface area contributed by atoms with Gasteiger partial charge in [0.25, 0.3) is 5.72 Å². The number of rotatable bonds is 6. The summed E-state index contributed by atoms with van der Waals surface area (Å²) < 4.78 is 5.86. The van der Waals surface area contributed by atoms with Crippen LogP contribution in [0.1, 0.15) is 65.2 Å². The smallest absolute Gasteiger partial charge is 0.271 e. The monoisotopic (exact) mass is 404 g/mol. The summed E-state index contributed by atoms with van der Waals surface area (Å²) in [6.07, 6.45) is 16.3. The van der Waals surface area contributed by atoms with Crippen LogP contribution in [0.3, 0.4) is 0 Å². The molecule has 4 aliphatic rings. The highest BCUT2D eigenvalue weighted by atomic mass is 16.8. The van der Waals surface area contributed by atoms with Gasteiger partial charge in [-0.15, -0.1) is 0 Å². The molecule has 4 N–H and O–H groups in total. The largest absolute Gasteiger partial charge is 0.597 e. The van der Waals surface area contributed by atoms with E-state index in [1.54, 1.807) is 0 Å². The minimum atomic E-state index is -0.994. The maximum Gasteiger partial charge on any atom is 0.271 e. The SMILES string of the molecule is CC1=CC(OC2([NH+]([O-])O)CC2)=CC(C)C1CC1C=CC(O)C(C2CCCCC2)N1. The lowest BCUT2D eigenvalue weighted by molar-refractivity contribution is -1.09. The van der Waals surface area contributed by atoms with Gasteiger partial charge in [-0.05, 0) is 56.1 Å². The highest BCUT2D eigenvalue weighted by Crippen LogP contribution is 2.40. The predicted molar refractivity (Wildman–Crippen MR) is 111 cm³/mol. The molecule has 6 atom stereocenters. The molecule has 0 radical (unpaired) electrons. The molecular formula is C23H36N2O4. The summed E-state index contributed by atoms with van der Waals surface area (Å²) in [6, 6.07) is 0.416. The minimum absolute atomic E-state index is 0.160. The van der Waals surface area contributed by atoms with Crippen LogP contribution in [0.4, 0.5) is 0 Å². The molecule has 6 unspecified atom stereocenters. The van der Waals surface area contributed by atoms with E-state index >= 15 is 0 Å². The number of allylic oxidation sites excluding steroid dienone is 3. The number of nitrogens with one attached hydrogen (secondary N) is 2. The molecule has 0 spiro atoms. The molecule has 6 nitrogen and oxygen atoms in total. The fraction of sp³-hybridized carbons (Fsp3) is 0.739. The lowest BCUT2D eigenvalue weighted by Crippen LogP contribution is -3.11. The second kappa shape index (κ2) is 8.52. The molecule has 3 aliphatic carbocycles. The highest BCUT2D eigenvalue weighted by Gasteiger charge is 2.54. The van der Waals surface area contributed by atoms with Crippen molar-refractivity contribution < 1.29 is 20.3 Å². The van der Waals surface area contributed by atoms with Crippen molar-refractivity contribution in [3.05, 3.63) is 40.8 Å². The third-order valence-electron chi connectivity index (χ3n) is 7.40. The van der Waals surface area contributed by atoms with Crippen molar-refractivity contribution in [3.63, 3.8) is 0 Å². The molecule has 0 aromatic carbocycles. The van der Waals surface area contributed by atoms with Gasteiger partial charge >= 0.3 is 0 Å². The van der Waals surface area contributed by atoms with E-state index < -0.39 is 11.0 Å². The van der Waals surface area contributed by atoms with Crippen LogP contribution in [0.25, 0.3) is 0 Å². The van der Waals surface area contributed by atoms with E-state index in [4.69, 9.17) is 4.74 Å². The van der Waals surface area contributed by atoms with Crippen molar-refractivity contribution in [2.45, 2.75) is 89.1 Å². The standard InChI is InChI=1S/C23H36N2O4/c1-15-12-19(29-23(10-11-23)25(27)28)13-16(2)20(15)14-18-8-9-21(26)22(24-18)17-6-4-3-5-7-17/h8-9,12-13,15,17-18,20-22,24-27H,3-7,10-11,14H2,1-2H3. The van der Waals surface area contributed by atoms with Crippen molar-refractivity contribution in [2.75, 3.05) is 0 Å². The quantitative estimate of drug-likeness (QED) is 0.310. The molecule has 2 saturated carbocycles. The molecule has 1 aliphatic heterocycles. The average Bonchev–Trinajstić information content (AvgIpc) is 3.47. The Morgan fingerprint density at radius 2 is 1.97 bits per heavy atom. The van der Waals surface area contributed by atoms with E-state index in [1.165, 1.54) is 37.7 Å². The highest BCUT2D eigenvalue weighted by molar-refractivity contribution is 5.28. The van der Waals surface area contributed by atoms with Gasteiger partial charge in [0.1, 0.15) is 5.76 Å². The summed E-state index contributed by atoms with van der Waals surface area (Å²) in [7, 11) is 0. The van der Waals surface area contributed by atoms with Gasteiger partial charge in [0.15, 0.2) is 0 Å². The lowest BCUT2D eigenvalue weighted by Gasteiger charge is -2.40. The average molecular weight is 405 g/mol. The van der Waals surface area contributed by atoms with Crippen molar-refractivity contribution in [2.24, 2.45) is 17.8 Å². The van der Waals surface area contributed by atoms with Crippen molar-refractivity contribution >= 4 is 0 Å². The van der Waals surface area contributed by atoms with E-state index in [0.29, 0.717) is 30.4 Å². The summed E-state index contributed by atoms with van der Waals surface area (Å²) in [6.45, 7) is 4.31. The van der Waals surface area contributed by atoms with Gasteiger partial charge < -0.3 is 20.4 Å². The Kier molecular flexibility index (Phi) is 6.19. The van der Waals surface area contributed by atoms with Gasteiger partial charge in [0, 0.05) is 12.1 Å².